The lowest BCUT2D eigenvalue weighted by atomic mass is 9.54. The summed E-state index contributed by atoms with van der Waals surface area (Å²) in [6, 6.07) is 0.743. The highest BCUT2D eigenvalue weighted by Crippen LogP contribution is 2.53. The molecule has 4 aliphatic rings. The van der Waals surface area contributed by atoms with Gasteiger partial charge in [0.2, 0.25) is 4.96 Å². The van der Waals surface area contributed by atoms with Gasteiger partial charge in [-0.05, 0) is 62.7 Å². The van der Waals surface area contributed by atoms with Crippen molar-refractivity contribution in [2.45, 2.75) is 51.6 Å². The SMILES string of the molecule is Cc1nn2cc(CNC3C4CC5CC(C4)CC3C5)nc2s1. The van der Waals surface area contributed by atoms with E-state index in [4.69, 9.17) is 4.98 Å². The highest BCUT2D eigenvalue weighted by atomic mass is 32.1. The fourth-order valence-corrected chi connectivity index (χ4v) is 6.15. The summed E-state index contributed by atoms with van der Waals surface area (Å²) < 4.78 is 1.92. The van der Waals surface area contributed by atoms with E-state index in [9.17, 15) is 0 Å². The van der Waals surface area contributed by atoms with Crippen LogP contribution in [0.3, 0.4) is 0 Å². The molecule has 2 aromatic heterocycles. The van der Waals surface area contributed by atoms with E-state index in [0.717, 1.165) is 51.9 Å². The molecule has 4 aliphatic carbocycles. The van der Waals surface area contributed by atoms with Gasteiger partial charge < -0.3 is 5.32 Å². The van der Waals surface area contributed by atoms with E-state index in [-0.39, 0.29) is 0 Å². The molecule has 4 nitrogen and oxygen atoms in total. The van der Waals surface area contributed by atoms with Crippen LogP contribution in [-0.2, 0) is 6.54 Å². The number of hydrogen-bond acceptors (Lipinski definition) is 4. The summed E-state index contributed by atoms with van der Waals surface area (Å²) in [5, 5.41) is 9.38. The zero-order valence-corrected chi connectivity index (χ0v) is 13.3. The number of hydrogen-bond donors (Lipinski definition) is 1. The van der Waals surface area contributed by atoms with Gasteiger partial charge in [-0.1, -0.05) is 11.3 Å². The van der Waals surface area contributed by atoms with E-state index in [2.05, 4.69) is 16.6 Å². The van der Waals surface area contributed by atoms with Crippen LogP contribution in [0.1, 0.15) is 42.8 Å². The number of fused-ring (bicyclic) bond motifs is 1. The molecule has 21 heavy (non-hydrogen) atoms. The molecular formula is C16H22N4S. The van der Waals surface area contributed by atoms with Gasteiger partial charge in [0.05, 0.1) is 11.9 Å². The molecule has 4 bridgehead atoms. The molecule has 0 spiro atoms. The third-order valence-corrected chi connectivity index (χ3v) is 6.78. The second-order valence-electron chi connectivity index (χ2n) is 7.42. The molecule has 0 unspecified atom stereocenters. The van der Waals surface area contributed by atoms with Crippen LogP contribution >= 0.6 is 11.3 Å². The molecule has 0 saturated heterocycles. The van der Waals surface area contributed by atoms with Gasteiger partial charge in [0.15, 0.2) is 0 Å². The predicted octanol–water partition coefficient (Wildman–Crippen LogP) is 3.01. The van der Waals surface area contributed by atoms with Crippen LogP contribution in [0.5, 0.6) is 0 Å². The summed E-state index contributed by atoms with van der Waals surface area (Å²) in [7, 11) is 0. The second kappa shape index (κ2) is 4.53. The second-order valence-corrected chi connectivity index (χ2v) is 8.58. The standard InChI is InChI=1S/C16H22N4S/c1-9-19-20-8-14(18-16(20)21-9)7-17-15-12-3-10-2-11(5-12)6-13(15)4-10/h8,10-13,15,17H,2-7H2,1H3. The van der Waals surface area contributed by atoms with Gasteiger partial charge in [0.25, 0.3) is 0 Å². The zero-order valence-electron chi connectivity index (χ0n) is 12.5. The minimum Gasteiger partial charge on any atom is -0.308 e. The molecule has 4 saturated carbocycles. The van der Waals surface area contributed by atoms with Gasteiger partial charge in [-0.15, -0.1) is 0 Å². The minimum absolute atomic E-state index is 0.743. The Hall–Kier alpha value is -0.940. The van der Waals surface area contributed by atoms with Crippen LogP contribution in [0.4, 0.5) is 0 Å². The Balaban J connectivity index is 1.30. The van der Waals surface area contributed by atoms with Gasteiger partial charge in [-0.25, -0.2) is 9.50 Å². The van der Waals surface area contributed by atoms with Gasteiger partial charge >= 0.3 is 0 Å². The smallest absolute Gasteiger partial charge is 0.212 e. The third kappa shape index (κ3) is 2.05. The molecule has 4 fully saturated rings. The average molecular weight is 302 g/mol. The normalized spacial score (nSPS) is 37.7. The Kier molecular flexibility index (Phi) is 2.71. The Morgan fingerprint density at radius 3 is 2.57 bits per heavy atom. The maximum Gasteiger partial charge on any atom is 0.212 e. The third-order valence-electron chi connectivity index (χ3n) is 5.94. The maximum absolute atomic E-state index is 4.69. The lowest BCUT2D eigenvalue weighted by molar-refractivity contribution is -0.0143. The molecule has 0 aromatic carbocycles. The first-order chi connectivity index (χ1) is 10.2. The van der Waals surface area contributed by atoms with Crippen molar-refractivity contribution in [1.29, 1.82) is 0 Å². The summed E-state index contributed by atoms with van der Waals surface area (Å²) in [6.07, 6.45) is 9.52. The van der Waals surface area contributed by atoms with E-state index in [0.29, 0.717) is 0 Å². The summed E-state index contributed by atoms with van der Waals surface area (Å²) in [4.78, 5) is 5.71. The predicted molar refractivity (Wildman–Crippen MR) is 83.3 cm³/mol. The number of imidazole rings is 1. The van der Waals surface area contributed by atoms with E-state index in [1.807, 2.05) is 11.4 Å². The first kappa shape index (κ1) is 12.6. The molecule has 112 valence electrons. The highest BCUT2D eigenvalue weighted by Gasteiger charge is 2.47. The number of aryl methyl sites for hydroxylation is 1. The van der Waals surface area contributed by atoms with Gasteiger partial charge in [0.1, 0.15) is 5.01 Å². The van der Waals surface area contributed by atoms with Crippen molar-refractivity contribution < 1.29 is 0 Å². The van der Waals surface area contributed by atoms with E-state index in [1.54, 1.807) is 11.3 Å². The van der Waals surface area contributed by atoms with Crippen molar-refractivity contribution in [3.8, 4) is 0 Å². The van der Waals surface area contributed by atoms with Crippen LogP contribution < -0.4 is 5.32 Å². The van der Waals surface area contributed by atoms with Gasteiger partial charge in [0, 0.05) is 12.6 Å². The van der Waals surface area contributed by atoms with Crippen LogP contribution in [0.2, 0.25) is 0 Å². The van der Waals surface area contributed by atoms with E-state index >= 15 is 0 Å². The molecule has 2 heterocycles. The molecule has 0 aliphatic heterocycles. The van der Waals surface area contributed by atoms with Crippen LogP contribution in [-0.4, -0.2) is 20.6 Å². The monoisotopic (exact) mass is 302 g/mol. The topological polar surface area (TPSA) is 42.2 Å². The number of aromatic nitrogens is 3. The Bertz CT molecular complexity index is 613. The molecule has 6 rings (SSSR count). The quantitative estimate of drug-likeness (QED) is 0.947. The van der Waals surface area contributed by atoms with E-state index in [1.165, 1.54) is 32.1 Å². The lowest BCUT2D eigenvalue weighted by Gasteiger charge is -2.54. The first-order valence-corrected chi connectivity index (χ1v) is 9.11. The van der Waals surface area contributed by atoms with E-state index < -0.39 is 0 Å². The highest BCUT2D eigenvalue weighted by molar-refractivity contribution is 7.16. The summed E-state index contributed by atoms with van der Waals surface area (Å²) in [5.74, 6) is 3.97. The van der Waals surface area contributed by atoms with Crippen molar-refractivity contribution >= 4 is 16.3 Å². The van der Waals surface area contributed by atoms with Crippen molar-refractivity contribution in [3.63, 3.8) is 0 Å². The Morgan fingerprint density at radius 1 is 1.19 bits per heavy atom. The largest absolute Gasteiger partial charge is 0.308 e. The molecule has 0 radical (unpaired) electrons. The average Bonchev–Trinajstić information content (AvgIpc) is 2.93. The van der Waals surface area contributed by atoms with Crippen molar-refractivity contribution in [3.05, 3.63) is 16.9 Å². The van der Waals surface area contributed by atoms with Crippen LogP contribution in [0.25, 0.3) is 4.96 Å². The Labute approximate surface area is 129 Å². The molecule has 0 atom stereocenters. The minimum atomic E-state index is 0.743. The van der Waals surface area contributed by atoms with Crippen LogP contribution in [0.15, 0.2) is 6.20 Å². The summed E-state index contributed by atoms with van der Waals surface area (Å²) >= 11 is 1.67. The first-order valence-electron chi connectivity index (χ1n) is 8.29. The fraction of sp³-hybridized carbons (Fsp3) is 0.750. The molecule has 1 N–H and O–H groups in total. The lowest BCUT2D eigenvalue weighted by Crippen LogP contribution is -2.54. The summed E-state index contributed by atoms with van der Waals surface area (Å²) in [5.41, 5.74) is 1.14. The van der Waals surface area contributed by atoms with Gasteiger partial charge in [-0.2, -0.15) is 5.10 Å². The maximum atomic E-state index is 4.69. The van der Waals surface area contributed by atoms with Crippen molar-refractivity contribution in [2.75, 3.05) is 0 Å². The molecular weight excluding hydrogens is 280 g/mol. The molecule has 5 heteroatoms. The molecule has 0 amide bonds. The van der Waals surface area contributed by atoms with Crippen LogP contribution in [0, 0.1) is 30.6 Å². The summed E-state index contributed by atoms with van der Waals surface area (Å²) in [6.45, 7) is 2.94. The number of nitrogens with one attached hydrogen (secondary N) is 1. The number of rotatable bonds is 3. The van der Waals surface area contributed by atoms with Crippen molar-refractivity contribution in [1.82, 2.24) is 19.9 Å². The van der Waals surface area contributed by atoms with Crippen molar-refractivity contribution in [2.24, 2.45) is 23.7 Å². The Morgan fingerprint density at radius 2 is 1.90 bits per heavy atom. The zero-order chi connectivity index (χ0) is 14.0. The fourth-order valence-electron chi connectivity index (χ4n) is 5.41. The van der Waals surface area contributed by atoms with Gasteiger partial charge in [-0.3, -0.25) is 0 Å². The molecule has 2 aromatic rings. The number of nitrogens with zero attached hydrogens (tertiary/aromatic N) is 3.